The molecule has 0 amide bonds. The van der Waals surface area contributed by atoms with Gasteiger partial charge in [-0.05, 0) is 91.4 Å². The summed E-state index contributed by atoms with van der Waals surface area (Å²) in [6, 6.07) is 1.54. The Morgan fingerprint density at radius 3 is 2.44 bits per heavy atom. The highest BCUT2D eigenvalue weighted by Crippen LogP contribution is 2.71. The van der Waals surface area contributed by atoms with Crippen molar-refractivity contribution in [1.29, 1.82) is 0 Å². The lowest BCUT2D eigenvalue weighted by Crippen LogP contribution is -2.64. The summed E-state index contributed by atoms with van der Waals surface area (Å²) in [6.07, 6.45) is 4.45. The molecule has 5 nitrogen and oxygen atoms in total. The minimum atomic E-state index is -2.85. The number of pyridine rings is 1. The van der Waals surface area contributed by atoms with Gasteiger partial charge in [-0.3, -0.25) is 0 Å². The Kier molecular flexibility index (Phi) is 7.82. The number of nitrogens with zero attached hydrogens (tertiary/aromatic N) is 1. The van der Waals surface area contributed by atoms with Gasteiger partial charge in [0.2, 0.25) is 5.95 Å². The molecule has 0 aromatic carbocycles. The highest BCUT2D eigenvalue weighted by atomic mass is 19.3. The lowest BCUT2D eigenvalue weighted by Gasteiger charge is -2.63. The van der Waals surface area contributed by atoms with Crippen LogP contribution in [0.5, 0.6) is 5.75 Å². The van der Waals surface area contributed by atoms with Crippen molar-refractivity contribution in [3.05, 3.63) is 23.8 Å². The molecule has 0 saturated heterocycles. The van der Waals surface area contributed by atoms with Gasteiger partial charge in [0, 0.05) is 18.5 Å². The molecule has 1 heterocycles. The van der Waals surface area contributed by atoms with Crippen molar-refractivity contribution in [2.24, 2.45) is 46.3 Å². The zero-order chi connectivity index (χ0) is 28.3. The van der Waals surface area contributed by atoms with E-state index in [1.807, 2.05) is 0 Å². The normalized spacial score (nSPS) is 42.7. The van der Waals surface area contributed by atoms with Crippen LogP contribution < -0.4 is 4.74 Å². The largest absolute Gasteiger partial charge is 0.496 e. The number of hydrogen-bond donors (Lipinski definition) is 3. The number of hydrogen-bond acceptors (Lipinski definition) is 5. The fourth-order valence-corrected chi connectivity index (χ4v) is 10.1. The first-order valence-electron chi connectivity index (χ1n) is 15.0. The molecule has 0 bridgehead atoms. The van der Waals surface area contributed by atoms with E-state index in [2.05, 4.69) is 25.8 Å². The van der Waals surface area contributed by atoms with Crippen molar-refractivity contribution < 1.29 is 33.2 Å². The molecule has 8 heteroatoms. The minimum Gasteiger partial charge on any atom is -0.496 e. The van der Waals surface area contributed by atoms with Crippen LogP contribution in [0.3, 0.4) is 0 Å². The van der Waals surface area contributed by atoms with E-state index in [0.717, 1.165) is 32.1 Å². The van der Waals surface area contributed by atoms with E-state index in [1.165, 1.54) is 13.3 Å². The molecule has 0 spiro atoms. The minimum absolute atomic E-state index is 0.0557. The average molecular weight is 554 g/mol. The molecule has 1 aromatic rings. The number of aliphatic hydroxyl groups excluding tert-OH is 3. The van der Waals surface area contributed by atoms with Gasteiger partial charge in [0.15, 0.2) is 0 Å². The van der Waals surface area contributed by atoms with Crippen LogP contribution in [0, 0.1) is 52.3 Å². The van der Waals surface area contributed by atoms with Gasteiger partial charge in [0.1, 0.15) is 5.75 Å². The van der Waals surface area contributed by atoms with Crippen LogP contribution in [0.4, 0.5) is 13.2 Å². The van der Waals surface area contributed by atoms with E-state index >= 15 is 8.78 Å². The summed E-state index contributed by atoms with van der Waals surface area (Å²) in [5.74, 6) is -4.10. The summed E-state index contributed by atoms with van der Waals surface area (Å²) >= 11 is 0. The molecular formula is C31H46F3NO4. The van der Waals surface area contributed by atoms with Gasteiger partial charge >= 0.3 is 0 Å². The van der Waals surface area contributed by atoms with Gasteiger partial charge in [0.25, 0.3) is 5.92 Å². The molecule has 4 fully saturated rings. The van der Waals surface area contributed by atoms with Crippen LogP contribution in [0.15, 0.2) is 12.3 Å². The van der Waals surface area contributed by atoms with E-state index < -0.39 is 42.0 Å². The van der Waals surface area contributed by atoms with Crippen LogP contribution in [0.25, 0.3) is 0 Å². The van der Waals surface area contributed by atoms with E-state index in [4.69, 9.17) is 4.74 Å². The standard InChI is InChI=1S/C31H46F3NO4/c1-17(6-5-7-22(36)25-24(39-4)12-15-35-28(25)32)18-8-9-19-26-20(10-13-29(18,19)2)30(3)14-11-23(37)27(38)21(30)16-31(26,33)34/h12,15,17-23,26-27,36-38H,5-11,13-14,16H2,1-4H3/t17-,18-,19+,20+,21+,22?,23+,26+,27-,29-,30-/m1/s1. The lowest BCUT2D eigenvalue weighted by atomic mass is 9.43. The van der Waals surface area contributed by atoms with E-state index in [9.17, 15) is 19.7 Å². The van der Waals surface area contributed by atoms with Gasteiger partial charge in [-0.2, -0.15) is 4.39 Å². The molecule has 39 heavy (non-hydrogen) atoms. The zero-order valence-electron chi connectivity index (χ0n) is 23.8. The zero-order valence-corrected chi connectivity index (χ0v) is 23.8. The predicted octanol–water partition coefficient (Wildman–Crippen LogP) is 6.30. The SMILES string of the molecule is COc1ccnc(F)c1C(O)CCC[C@@H](C)[C@H]1CC[C@H]2[C@H]3[C@H](CC[C@]12C)[C@@]1(C)CC[C@H](O)[C@H](O)[C@@H]1CC3(F)F. The maximum atomic E-state index is 16.0. The van der Waals surface area contributed by atoms with Crippen LogP contribution in [-0.2, 0) is 0 Å². The molecule has 220 valence electrons. The van der Waals surface area contributed by atoms with Gasteiger partial charge < -0.3 is 20.1 Å². The molecule has 3 N–H and O–H groups in total. The Labute approximate surface area is 230 Å². The Morgan fingerprint density at radius 1 is 1.03 bits per heavy atom. The third kappa shape index (κ3) is 4.70. The average Bonchev–Trinajstić information content (AvgIpc) is 3.24. The topological polar surface area (TPSA) is 82.8 Å². The number of ether oxygens (including phenoxy) is 1. The van der Waals surface area contributed by atoms with Crippen LogP contribution in [0.2, 0.25) is 0 Å². The summed E-state index contributed by atoms with van der Waals surface area (Å²) in [5, 5.41) is 31.7. The first-order chi connectivity index (χ1) is 18.3. The predicted molar refractivity (Wildman–Crippen MR) is 142 cm³/mol. The number of halogens is 3. The Morgan fingerprint density at radius 2 is 1.72 bits per heavy atom. The summed E-state index contributed by atoms with van der Waals surface area (Å²) < 4.78 is 51.5. The summed E-state index contributed by atoms with van der Waals surface area (Å²) in [7, 11) is 1.44. The molecule has 5 rings (SSSR count). The maximum Gasteiger partial charge on any atom is 0.251 e. The van der Waals surface area contributed by atoms with Gasteiger partial charge in [-0.1, -0.05) is 33.6 Å². The van der Waals surface area contributed by atoms with Crippen molar-refractivity contribution in [3.63, 3.8) is 0 Å². The summed E-state index contributed by atoms with van der Waals surface area (Å²) in [6.45, 7) is 6.54. The fourth-order valence-electron chi connectivity index (χ4n) is 10.1. The van der Waals surface area contributed by atoms with Crippen LogP contribution >= 0.6 is 0 Å². The third-order valence-electron chi connectivity index (χ3n) is 12.1. The molecule has 11 atom stereocenters. The first-order valence-corrected chi connectivity index (χ1v) is 15.0. The van der Waals surface area contributed by atoms with Crippen molar-refractivity contribution >= 4 is 0 Å². The summed E-state index contributed by atoms with van der Waals surface area (Å²) in [4.78, 5) is 3.66. The first kappa shape index (κ1) is 29.1. The van der Waals surface area contributed by atoms with Crippen LogP contribution in [-0.4, -0.2) is 45.5 Å². The van der Waals surface area contributed by atoms with Gasteiger partial charge in [0.05, 0.1) is 31.0 Å². The van der Waals surface area contributed by atoms with E-state index in [-0.39, 0.29) is 40.4 Å². The molecule has 0 radical (unpaired) electrons. The van der Waals surface area contributed by atoms with E-state index in [1.54, 1.807) is 6.07 Å². The second-order valence-corrected chi connectivity index (χ2v) is 13.8. The van der Waals surface area contributed by atoms with Crippen molar-refractivity contribution in [1.82, 2.24) is 4.98 Å². The number of aliphatic hydroxyl groups is 3. The second-order valence-electron chi connectivity index (χ2n) is 13.8. The molecule has 1 aromatic heterocycles. The third-order valence-corrected chi connectivity index (χ3v) is 12.1. The van der Waals surface area contributed by atoms with E-state index in [0.29, 0.717) is 37.5 Å². The monoisotopic (exact) mass is 553 g/mol. The van der Waals surface area contributed by atoms with Crippen molar-refractivity contribution in [2.75, 3.05) is 7.11 Å². The molecule has 4 aliphatic rings. The maximum absolute atomic E-state index is 16.0. The fraction of sp³-hybridized carbons (Fsp3) is 0.839. The number of aromatic nitrogens is 1. The molecule has 0 aliphatic heterocycles. The van der Waals surface area contributed by atoms with Crippen molar-refractivity contribution in [3.8, 4) is 5.75 Å². The molecular weight excluding hydrogens is 507 g/mol. The highest BCUT2D eigenvalue weighted by molar-refractivity contribution is 5.33. The number of fused-ring (bicyclic) bond motifs is 5. The van der Waals surface area contributed by atoms with Crippen molar-refractivity contribution in [2.45, 2.75) is 109 Å². The van der Waals surface area contributed by atoms with Gasteiger partial charge in [-0.25, -0.2) is 13.8 Å². The second kappa shape index (κ2) is 10.5. The Bertz CT molecular complexity index is 1040. The molecule has 4 saturated carbocycles. The summed E-state index contributed by atoms with van der Waals surface area (Å²) in [5.41, 5.74) is -0.447. The quantitative estimate of drug-likeness (QED) is 0.345. The number of rotatable bonds is 7. The smallest absolute Gasteiger partial charge is 0.251 e. The Hall–Kier alpha value is -1.38. The van der Waals surface area contributed by atoms with Gasteiger partial charge in [-0.15, -0.1) is 0 Å². The molecule has 1 unspecified atom stereocenters. The number of methoxy groups -OCH3 is 1. The molecule has 4 aliphatic carbocycles. The Balaban J connectivity index is 1.27. The number of alkyl halides is 2. The highest BCUT2D eigenvalue weighted by Gasteiger charge is 2.69. The van der Waals surface area contributed by atoms with Crippen LogP contribution in [0.1, 0.15) is 96.6 Å². The lowest BCUT2D eigenvalue weighted by molar-refractivity contribution is -0.258.